The molecule has 2 amide bonds. The molecule has 1 aromatic rings. The average Bonchev–Trinajstić information content (AvgIpc) is 2.43. The van der Waals surface area contributed by atoms with Crippen molar-refractivity contribution in [2.24, 2.45) is 0 Å². The van der Waals surface area contributed by atoms with Crippen molar-refractivity contribution in [1.29, 1.82) is 0 Å². The third kappa shape index (κ3) is 5.09. The molecule has 0 aliphatic heterocycles. The first-order chi connectivity index (χ1) is 9.95. The van der Waals surface area contributed by atoms with Gasteiger partial charge in [0.15, 0.2) is 0 Å². The predicted octanol–water partition coefficient (Wildman–Crippen LogP) is 0.500. The van der Waals surface area contributed by atoms with Crippen molar-refractivity contribution in [1.82, 2.24) is 20.2 Å². The van der Waals surface area contributed by atoms with Crippen LogP contribution in [0.15, 0.2) is 6.20 Å². The second-order valence-corrected chi connectivity index (χ2v) is 4.27. The van der Waals surface area contributed by atoms with Gasteiger partial charge in [0.1, 0.15) is 6.20 Å². The monoisotopic (exact) mass is 297 g/mol. The highest BCUT2D eigenvalue weighted by atomic mass is 16.6. The summed E-state index contributed by atoms with van der Waals surface area (Å²) in [6, 6.07) is -0.234. The molecular formula is C11H19N7O3. The molecule has 1 heterocycles. The van der Waals surface area contributed by atoms with Crippen LogP contribution in [0.5, 0.6) is 0 Å². The maximum Gasteiger partial charge on any atom is 0.329 e. The third-order valence-electron chi connectivity index (χ3n) is 2.40. The van der Waals surface area contributed by atoms with Crippen LogP contribution in [0.1, 0.15) is 6.92 Å². The number of amides is 2. The summed E-state index contributed by atoms with van der Waals surface area (Å²) in [5.74, 6) is 0.424. The molecule has 10 heteroatoms. The van der Waals surface area contributed by atoms with Crippen LogP contribution in [0.4, 0.5) is 22.2 Å². The molecule has 0 saturated carbocycles. The van der Waals surface area contributed by atoms with Gasteiger partial charge in [-0.25, -0.2) is 9.78 Å². The fourth-order valence-corrected chi connectivity index (χ4v) is 1.39. The summed E-state index contributed by atoms with van der Waals surface area (Å²) in [5.41, 5.74) is -0.212. The second kappa shape index (κ2) is 7.82. The molecule has 10 nitrogen and oxygen atoms in total. The van der Waals surface area contributed by atoms with Crippen LogP contribution in [0, 0.1) is 10.1 Å². The molecule has 21 heavy (non-hydrogen) atoms. The fraction of sp³-hybridized carbons (Fsp3) is 0.545. The summed E-state index contributed by atoms with van der Waals surface area (Å²) in [5, 5.41) is 19.2. The molecule has 0 aliphatic rings. The highest BCUT2D eigenvalue weighted by Gasteiger charge is 2.16. The Kier molecular flexibility index (Phi) is 6.11. The van der Waals surface area contributed by atoms with Crippen molar-refractivity contribution in [3.05, 3.63) is 16.3 Å². The molecule has 0 radical (unpaired) electrons. The molecule has 0 unspecified atom stereocenters. The number of rotatable bonds is 7. The van der Waals surface area contributed by atoms with E-state index >= 15 is 0 Å². The first-order valence-electron chi connectivity index (χ1n) is 6.40. The SMILES string of the molecule is CCNc1ncc([N+](=O)[O-])c(NCCNC(=O)N(C)C)n1. The molecule has 1 aromatic heterocycles. The van der Waals surface area contributed by atoms with Crippen molar-refractivity contribution in [3.8, 4) is 0 Å². The molecule has 0 spiro atoms. The lowest BCUT2D eigenvalue weighted by Crippen LogP contribution is -2.37. The normalized spacial score (nSPS) is 9.86. The zero-order chi connectivity index (χ0) is 15.8. The zero-order valence-electron chi connectivity index (χ0n) is 12.2. The van der Waals surface area contributed by atoms with E-state index in [0.717, 1.165) is 6.20 Å². The van der Waals surface area contributed by atoms with Crippen LogP contribution < -0.4 is 16.0 Å². The van der Waals surface area contributed by atoms with Gasteiger partial charge in [0.2, 0.25) is 11.8 Å². The van der Waals surface area contributed by atoms with Crippen molar-refractivity contribution in [2.45, 2.75) is 6.92 Å². The van der Waals surface area contributed by atoms with Gasteiger partial charge < -0.3 is 20.9 Å². The van der Waals surface area contributed by atoms with Crippen LogP contribution in [0.2, 0.25) is 0 Å². The van der Waals surface area contributed by atoms with E-state index in [-0.39, 0.29) is 17.5 Å². The lowest BCUT2D eigenvalue weighted by atomic mass is 10.4. The minimum absolute atomic E-state index is 0.116. The number of anilines is 2. The number of carbonyl (C=O) groups is 1. The number of urea groups is 1. The summed E-state index contributed by atoms with van der Waals surface area (Å²) in [7, 11) is 3.25. The van der Waals surface area contributed by atoms with Gasteiger partial charge in [0.05, 0.1) is 4.92 Å². The van der Waals surface area contributed by atoms with Crippen molar-refractivity contribution in [2.75, 3.05) is 44.4 Å². The van der Waals surface area contributed by atoms with Gasteiger partial charge in [-0.15, -0.1) is 0 Å². The van der Waals surface area contributed by atoms with Gasteiger partial charge >= 0.3 is 11.7 Å². The Balaban J connectivity index is 2.65. The number of aromatic nitrogens is 2. The second-order valence-electron chi connectivity index (χ2n) is 4.27. The standard InChI is InChI=1S/C11H19N7O3/c1-4-12-10-15-7-8(18(20)21)9(16-10)13-5-6-14-11(19)17(2)3/h7H,4-6H2,1-3H3,(H,14,19)(H2,12,13,15,16). The van der Waals surface area contributed by atoms with Crippen LogP contribution in [-0.2, 0) is 0 Å². The Bertz CT molecular complexity index is 507. The predicted molar refractivity (Wildman–Crippen MR) is 78.4 cm³/mol. The lowest BCUT2D eigenvalue weighted by molar-refractivity contribution is -0.384. The Morgan fingerprint density at radius 3 is 2.67 bits per heavy atom. The van der Waals surface area contributed by atoms with E-state index in [9.17, 15) is 14.9 Å². The summed E-state index contributed by atoms with van der Waals surface area (Å²) in [6.07, 6.45) is 1.14. The van der Waals surface area contributed by atoms with Crippen LogP contribution in [0.3, 0.4) is 0 Å². The zero-order valence-corrected chi connectivity index (χ0v) is 12.2. The first kappa shape index (κ1) is 16.4. The molecule has 0 bridgehead atoms. The largest absolute Gasteiger partial charge is 0.362 e. The number of nitrogens with zero attached hydrogens (tertiary/aromatic N) is 4. The third-order valence-corrected chi connectivity index (χ3v) is 2.40. The lowest BCUT2D eigenvalue weighted by Gasteiger charge is -2.12. The van der Waals surface area contributed by atoms with Gasteiger partial charge in [0, 0.05) is 33.7 Å². The van der Waals surface area contributed by atoms with Gasteiger partial charge in [-0.1, -0.05) is 0 Å². The number of nitro groups is 1. The van der Waals surface area contributed by atoms with E-state index in [1.165, 1.54) is 4.90 Å². The molecule has 116 valence electrons. The molecule has 1 rings (SSSR count). The molecule has 0 saturated heterocycles. The average molecular weight is 297 g/mol. The van der Waals surface area contributed by atoms with Gasteiger partial charge in [-0.2, -0.15) is 4.98 Å². The molecule has 0 aromatic carbocycles. The van der Waals surface area contributed by atoms with Crippen LogP contribution in [-0.4, -0.2) is 59.6 Å². The number of carbonyl (C=O) groups excluding carboxylic acids is 1. The van der Waals surface area contributed by atoms with E-state index < -0.39 is 4.92 Å². The molecule has 0 aliphatic carbocycles. The quantitative estimate of drug-likeness (QED) is 0.380. The topological polar surface area (TPSA) is 125 Å². The Hall–Kier alpha value is -2.65. The number of hydrogen-bond donors (Lipinski definition) is 3. The van der Waals surface area contributed by atoms with Gasteiger partial charge in [0.25, 0.3) is 0 Å². The smallest absolute Gasteiger partial charge is 0.329 e. The maximum absolute atomic E-state index is 11.3. The Morgan fingerprint density at radius 1 is 1.38 bits per heavy atom. The summed E-state index contributed by atoms with van der Waals surface area (Å²) < 4.78 is 0. The fourth-order valence-electron chi connectivity index (χ4n) is 1.39. The first-order valence-corrected chi connectivity index (χ1v) is 6.40. The van der Waals surface area contributed by atoms with Gasteiger partial charge in [-0.05, 0) is 6.92 Å². The Morgan fingerprint density at radius 2 is 2.10 bits per heavy atom. The van der Waals surface area contributed by atoms with E-state index in [1.807, 2.05) is 6.92 Å². The van der Waals surface area contributed by atoms with Crippen molar-refractivity contribution < 1.29 is 9.72 Å². The Labute approximate surface area is 122 Å². The van der Waals surface area contributed by atoms with Crippen molar-refractivity contribution >= 4 is 23.5 Å². The van der Waals surface area contributed by atoms with E-state index in [2.05, 4.69) is 25.9 Å². The summed E-state index contributed by atoms with van der Waals surface area (Å²) in [6.45, 7) is 3.10. The molecule has 3 N–H and O–H groups in total. The van der Waals surface area contributed by atoms with Crippen molar-refractivity contribution in [3.63, 3.8) is 0 Å². The maximum atomic E-state index is 11.3. The molecular weight excluding hydrogens is 278 g/mol. The minimum atomic E-state index is -0.559. The van der Waals surface area contributed by atoms with Crippen LogP contribution >= 0.6 is 0 Å². The summed E-state index contributed by atoms with van der Waals surface area (Å²) >= 11 is 0. The summed E-state index contributed by atoms with van der Waals surface area (Å²) in [4.78, 5) is 30.9. The number of hydrogen-bond acceptors (Lipinski definition) is 7. The van der Waals surface area contributed by atoms with E-state index in [4.69, 9.17) is 0 Å². The minimum Gasteiger partial charge on any atom is -0.362 e. The highest BCUT2D eigenvalue weighted by molar-refractivity contribution is 5.73. The number of nitrogens with one attached hydrogen (secondary N) is 3. The molecule has 0 fully saturated rings. The van der Waals surface area contributed by atoms with Crippen LogP contribution in [0.25, 0.3) is 0 Å². The molecule has 0 atom stereocenters. The highest BCUT2D eigenvalue weighted by Crippen LogP contribution is 2.21. The van der Waals surface area contributed by atoms with Gasteiger partial charge in [-0.3, -0.25) is 10.1 Å². The van der Waals surface area contributed by atoms with E-state index in [0.29, 0.717) is 25.6 Å². The van der Waals surface area contributed by atoms with E-state index in [1.54, 1.807) is 14.1 Å².